The summed E-state index contributed by atoms with van der Waals surface area (Å²) < 4.78 is 0. The Morgan fingerprint density at radius 2 is 2.14 bits per heavy atom. The van der Waals surface area contributed by atoms with Crippen LogP contribution in [0, 0.1) is 5.92 Å². The number of nitrogens with zero attached hydrogens (tertiary/aromatic N) is 1. The van der Waals surface area contributed by atoms with Crippen LogP contribution < -0.4 is 5.73 Å². The standard InChI is InChI=1S/C12H24N2/c1-3-6-12(13)14-11-8-5-7-10(4-2)9-11/h10-11H,3-9H2,1-2H3,(H2,13,14). The van der Waals surface area contributed by atoms with Crippen LogP contribution in [0.3, 0.4) is 0 Å². The zero-order valence-electron chi connectivity index (χ0n) is 9.63. The first-order chi connectivity index (χ1) is 6.76. The molecule has 1 fully saturated rings. The van der Waals surface area contributed by atoms with Gasteiger partial charge in [0.05, 0.1) is 11.9 Å². The van der Waals surface area contributed by atoms with Crippen LogP contribution in [-0.4, -0.2) is 11.9 Å². The van der Waals surface area contributed by atoms with Gasteiger partial charge in [0, 0.05) is 6.42 Å². The molecule has 0 aromatic rings. The van der Waals surface area contributed by atoms with Gasteiger partial charge in [0.25, 0.3) is 0 Å². The van der Waals surface area contributed by atoms with E-state index >= 15 is 0 Å². The zero-order valence-corrected chi connectivity index (χ0v) is 9.63. The van der Waals surface area contributed by atoms with Gasteiger partial charge in [0.15, 0.2) is 0 Å². The maximum absolute atomic E-state index is 5.85. The summed E-state index contributed by atoms with van der Waals surface area (Å²) in [6.45, 7) is 4.43. The van der Waals surface area contributed by atoms with Crippen LogP contribution in [0.15, 0.2) is 4.99 Å². The van der Waals surface area contributed by atoms with Crippen LogP contribution in [-0.2, 0) is 0 Å². The van der Waals surface area contributed by atoms with E-state index in [-0.39, 0.29) is 0 Å². The predicted octanol–water partition coefficient (Wildman–Crippen LogP) is 3.11. The van der Waals surface area contributed by atoms with Gasteiger partial charge in [0.2, 0.25) is 0 Å². The summed E-state index contributed by atoms with van der Waals surface area (Å²) in [6.07, 6.45) is 8.64. The average molecular weight is 196 g/mol. The molecule has 0 radical (unpaired) electrons. The van der Waals surface area contributed by atoms with Crippen LogP contribution in [0.4, 0.5) is 0 Å². The summed E-state index contributed by atoms with van der Waals surface area (Å²) in [4.78, 5) is 4.62. The molecule has 14 heavy (non-hydrogen) atoms. The van der Waals surface area contributed by atoms with E-state index in [9.17, 15) is 0 Å². The number of amidine groups is 1. The lowest BCUT2D eigenvalue weighted by molar-refractivity contribution is 0.316. The van der Waals surface area contributed by atoms with Crippen LogP contribution in [0.25, 0.3) is 0 Å². The first kappa shape index (κ1) is 11.5. The molecule has 0 aromatic heterocycles. The molecule has 0 bridgehead atoms. The smallest absolute Gasteiger partial charge is 0.0940 e. The number of hydrogen-bond donors (Lipinski definition) is 1. The highest BCUT2D eigenvalue weighted by molar-refractivity contribution is 5.80. The maximum atomic E-state index is 5.85. The number of aliphatic imine (C=N–C) groups is 1. The second-order valence-corrected chi connectivity index (χ2v) is 4.47. The van der Waals surface area contributed by atoms with Crippen molar-refractivity contribution in [1.29, 1.82) is 0 Å². The van der Waals surface area contributed by atoms with Crippen molar-refractivity contribution in [3.05, 3.63) is 0 Å². The van der Waals surface area contributed by atoms with E-state index in [0.717, 1.165) is 24.6 Å². The summed E-state index contributed by atoms with van der Waals surface area (Å²) in [5.74, 6) is 1.76. The molecule has 2 unspecified atom stereocenters. The zero-order chi connectivity index (χ0) is 10.4. The quantitative estimate of drug-likeness (QED) is 0.544. The maximum Gasteiger partial charge on any atom is 0.0940 e. The monoisotopic (exact) mass is 196 g/mol. The molecule has 0 spiro atoms. The van der Waals surface area contributed by atoms with E-state index in [1.165, 1.54) is 32.1 Å². The van der Waals surface area contributed by atoms with Crippen LogP contribution in [0.1, 0.15) is 58.8 Å². The minimum absolute atomic E-state index is 0.528. The molecule has 0 aliphatic heterocycles. The highest BCUT2D eigenvalue weighted by atomic mass is 14.9. The van der Waals surface area contributed by atoms with Gasteiger partial charge in [0.1, 0.15) is 0 Å². The normalized spacial score (nSPS) is 29.1. The predicted molar refractivity (Wildman–Crippen MR) is 62.6 cm³/mol. The fourth-order valence-electron chi connectivity index (χ4n) is 2.31. The van der Waals surface area contributed by atoms with Gasteiger partial charge in [-0.25, -0.2) is 0 Å². The van der Waals surface area contributed by atoms with Gasteiger partial charge < -0.3 is 5.73 Å². The molecule has 2 heteroatoms. The highest BCUT2D eigenvalue weighted by Crippen LogP contribution is 2.28. The molecular formula is C12H24N2. The molecule has 0 aromatic carbocycles. The summed E-state index contributed by atoms with van der Waals surface area (Å²) in [5.41, 5.74) is 5.85. The Bertz CT molecular complexity index is 187. The minimum Gasteiger partial charge on any atom is -0.387 e. The highest BCUT2D eigenvalue weighted by Gasteiger charge is 2.19. The molecule has 1 rings (SSSR count). The first-order valence-electron chi connectivity index (χ1n) is 6.08. The molecule has 1 aliphatic carbocycles. The third-order valence-electron chi connectivity index (χ3n) is 3.19. The lowest BCUT2D eigenvalue weighted by Crippen LogP contribution is -2.22. The van der Waals surface area contributed by atoms with Crippen LogP contribution in [0.5, 0.6) is 0 Å². The van der Waals surface area contributed by atoms with Crippen molar-refractivity contribution >= 4 is 5.84 Å². The van der Waals surface area contributed by atoms with E-state index in [0.29, 0.717) is 6.04 Å². The first-order valence-corrected chi connectivity index (χ1v) is 6.08. The SMILES string of the molecule is CCCC(N)=NC1CCCC(CC)C1. The van der Waals surface area contributed by atoms with Crippen LogP contribution >= 0.6 is 0 Å². The Morgan fingerprint density at radius 3 is 2.79 bits per heavy atom. The number of nitrogens with two attached hydrogens (primary N) is 1. The fourth-order valence-corrected chi connectivity index (χ4v) is 2.31. The molecule has 2 N–H and O–H groups in total. The Hall–Kier alpha value is -0.530. The van der Waals surface area contributed by atoms with Crippen molar-refractivity contribution in [2.75, 3.05) is 0 Å². The molecular weight excluding hydrogens is 172 g/mol. The van der Waals surface area contributed by atoms with Gasteiger partial charge in [-0.2, -0.15) is 0 Å². The van der Waals surface area contributed by atoms with Gasteiger partial charge in [-0.1, -0.05) is 33.1 Å². The van der Waals surface area contributed by atoms with Crippen molar-refractivity contribution in [2.24, 2.45) is 16.6 Å². The minimum atomic E-state index is 0.528. The summed E-state index contributed by atoms with van der Waals surface area (Å²) >= 11 is 0. The van der Waals surface area contributed by atoms with Crippen molar-refractivity contribution in [3.8, 4) is 0 Å². The molecule has 1 aliphatic rings. The van der Waals surface area contributed by atoms with Gasteiger partial charge in [-0.3, -0.25) is 4.99 Å². The number of rotatable bonds is 4. The lowest BCUT2D eigenvalue weighted by atomic mass is 9.84. The van der Waals surface area contributed by atoms with Crippen molar-refractivity contribution in [1.82, 2.24) is 0 Å². The second-order valence-electron chi connectivity index (χ2n) is 4.47. The number of hydrogen-bond acceptors (Lipinski definition) is 1. The summed E-state index contributed by atoms with van der Waals surface area (Å²) in [7, 11) is 0. The van der Waals surface area contributed by atoms with E-state index < -0.39 is 0 Å². The summed E-state index contributed by atoms with van der Waals surface area (Å²) in [6, 6.07) is 0.528. The Balaban J connectivity index is 2.39. The average Bonchev–Trinajstić information content (AvgIpc) is 2.18. The molecule has 0 heterocycles. The molecule has 0 amide bonds. The summed E-state index contributed by atoms with van der Waals surface area (Å²) in [5, 5.41) is 0. The van der Waals surface area contributed by atoms with Crippen molar-refractivity contribution < 1.29 is 0 Å². The second kappa shape index (κ2) is 6.05. The van der Waals surface area contributed by atoms with Gasteiger partial charge in [-0.15, -0.1) is 0 Å². The Morgan fingerprint density at radius 1 is 1.36 bits per heavy atom. The molecule has 82 valence electrons. The van der Waals surface area contributed by atoms with Gasteiger partial charge >= 0.3 is 0 Å². The molecule has 0 saturated heterocycles. The van der Waals surface area contributed by atoms with E-state index in [1.54, 1.807) is 0 Å². The van der Waals surface area contributed by atoms with E-state index in [2.05, 4.69) is 18.8 Å². The van der Waals surface area contributed by atoms with Crippen molar-refractivity contribution in [2.45, 2.75) is 64.8 Å². The molecule has 2 nitrogen and oxygen atoms in total. The Kier molecular flexibility index (Phi) is 4.99. The van der Waals surface area contributed by atoms with Crippen LogP contribution in [0.2, 0.25) is 0 Å². The molecule has 1 saturated carbocycles. The fraction of sp³-hybridized carbons (Fsp3) is 0.917. The lowest BCUT2D eigenvalue weighted by Gasteiger charge is -2.26. The molecule has 2 atom stereocenters. The topological polar surface area (TPSA) is 38.4 Å². The van der Waals surface area contributed by atoms with Gasteiger partial charge in [-0.05, 0) is 25.2 Å². The third-order valence-corrected chi connectivity index (χ3v) is 3.19. The largest absolute Gasteiger partial charge is 0.387 e. The third kappa shape index (κ3) is 3.69. The van der Waals surface area contributed by atoms with Crippen molar-refractivity contribution in [3.63, 3.8) is 0 Å². The Labute approximate surface area is 88.0 Å². The van der Waals surface area contributed by atoms with E-state index in [1.807, 2.05) is 0 Å². The van der Waals surface area contributed by atoms with E-state index in [4.69, 9.17) is 5.73 Å².